The van der Waals surface area contributed by atoms with Crippen molar-refractivity contribution in [1.29, 1.82) is 0 Å². The maximum atomic E-state index is 6.05. The lowest BCUT2D eigenvalue weighted by Gasteiger charge is -2.24. The number of nitrogens with one attached hydrogen (secondary N) is 1. The Balaban J connectivity index is 2.21. The van der Waals surface area contributed by atoms with Crippen molar-refractivity contribution < 1.29 is 0 Å². The van der Waals surface area contributed by atoms with E-state index in [-0.39, 0.29) is 5.54 Å². The normalized spacial score (nSPS) is 19.8. The zero-order valence-electron chi connectivity index (χ0n) is 8.88. The number of anilines is 1. The Hall–Kier alpha value is -1.51. The number of aromatic nitrogens is 1. The topological polar surface area (TPSA) is 50.9 Å². The van der Waals surface area contributed by atoms with E-state index in [1.54, 1.807) is 0 Å². The van der Waals surface area contributed by atoms with Crippen LogP contribution in [0.2, 0.25) is 0 Å². The maximum Gasteiger partial charge on any atom is 0.129 e. The van der Waals surface area contributed by atoms with E-state index in [2.05, 4.69) is 29.4 Å². The van der Waals surface area contributed by atoms with Gasteiger partial charge < -0.3 is 11.1 Å². The third kappa shape index (κ3) is 1.16. The Morgan fingerprint density at radius 2 is 2.33 bits per heavy atom. The number of hydrogen-bond acceptors (Lipinski definition) is 3. The van der Waals surface area contributed by atoms with Crippen molar-refractivity contribution in [3.8, 4) is 0 Å². The molecule has 0 radical (unpaired) electrons. The summed E-state index contributed by atoms with van der Waals surface area (Å²) < 4.78 is 0. The van der Waals surface area contributed by atoms with Gasteiger partial charge in [0, 0.05) is 11.3 Å². The van der Waals surface area contributed by atoms with Crippen molar-refractivity contribution in [1.82, 2.24) is 10.3 Å². The second-order valence-corrected chi connectivity index (χ2v) is 4.38. The molecule has 0 saturated heterocycles. The highest BCUT2D eigenvalue weighted by molar-refractivity contribution is 5.67. The van der Waals surface area contributed by atoms with E-state index in [1.165, 1.54) is 24.0 Å². The van der Waals surface area contributed by atoms with Gasteiger partial charge >= 0.3 is 0 Å². The number of fused-ring (bicyclic) bond motifs is 2. The van der Waals surface area contributed by atoms with Crippen LogP contribution in [-0.4, -0.2) is 4.98 Å². The smallest absolute Gasteiger partial charge is 0.129 e. The summed E-state index contributed by atoms with van der Waals surface area (Å²) in [6.45, 7) is 2.10. The molecule has 0 atom stereocenters. The molecule has 0 aromatic carbocycles. The van der Waals surface area contributed by atoms with Crippen LogP contribution in [0, 0.1) is 0 Å². The molecular formula is C12H15N3. The number of hydrogen-bond donors (Lipinski definition) is 2. The maximum absolute atomic E-state index is 6.05. The van der Waals surface area contributed by atoms with Gasteiger partial charge in [-0.1, -0.05) is 6.92 Å². The third-order valence-corrected chi connectivity index (χ3v) is 3.34. The first-order chi connectivity index (χ1) is 7.25. The molecule has 1 spiro atoms. The molecule has 1 aromatic rings. The van der Waals surface area contributed by atoms with E-state index in [9.17, 15) is 0 Å². The summed E-state index contributed by atoms with van der Waals surface area (Å²) in [6, 6.07) is 2.16. The van der Waals surface area contributed by atoms with Gasteiger partial charge in [-0.25, -0.2) is 4.98 Å². The van der Waals surface area contributed by atoms with Gasteiger partial charge in [-0.2, -0.15) is 0 Å². The second kappa shape index (κ2) is 2.75. The molecule has 3 N–H and O–H groups in total. The number of pyridine rings is 1. The first-order valence-electron chi connectivity index (χ1n) is 5.49. The van der Waals surface area contributed by atoms with Crippen LogP contribution in [0.3, 0.4) is 0 Å². The lowest BCUT2D eigenvalue weighted by molar-refractivity contribution is 0.608. The fraction of sp³-hybridized carbons (Fsp3) is 0.417. The van der Waals surface area contributed by atoms with E-state index in [1.807, 2.05) is 6.20 Å². The van der Waals surface area contributed by atoms with Gasteiger partial charge in [-0.3, -0.25) is 0 Å². The monoisotopic (exact) mass is 201 g/mol. The van der Waals surface area contributed by atoms with Gasteiger partial charge in [-0.05, 0) is 43.2 Å². The SMILES string of the molecule is CCc1cc2c(c(N)n1)C1(CC1)NC=C2. The van der Waals surface area contributed by atoms with Crippen LogP contribution in [-0.2, 0) is 12.0 Å². The molecule has 1 aliphatic carbocycles. The molecule has 0 bridgehead atoms. The zero-order chi connectivity index (χ0) is 10.5. The minimum absolute atomic E-state index is 0.118. The Kier molecular flexibility index (Phi) is 1.61. The standard InChI is InChI=1S/C12H15N3/c1-2-9-7-8-3-6-14-12(4-5-12)10(8)11(13)15-9/h3,6-7,14H,2,4-5H2,1H3,(H2,13,15). The quantitative estimate of drug-likeness (QED) is 0.728. The fourth-order valence-corrected chi connectivity index (χ4v) is 2.36. The lowest BCUT2D eigenvalue weighted by Crippen LogP contribution is -2.29. The van der Waals surface area contributed by atoms with Gasteiger partial charge in [0.2, 0.25) is 0 Å². The molecule has 3 rings (SSSR count). The molecule has 78 valence electrons. The van der Waals surface area contributed by atoms with Gasteiger partial charge in [0.15, 0.2) is 0 Å². The minimum atomic E-state index is 0.118. The Labute approximate surface area is 89.4 Å². The molecule has 0 amide bonds. The third-order valence-electron chi connectivity index (χ3n) is 3.34. The predicted octanol–water partition coefficient (Wildman–Crippen LogP) is 1.79. The van der Waals surface area contributed by atoms with E-state index in [0.29, 0.717) is 5.82 Å². The van der Waals surface area contributed by atoms with Gasteiger partial charge in [0.25, 0.3) is 0 Å². The Bertz CT molecular complexity index is 444. The van der Waals surface area contributed by atoms with Crippen molar-refractivity contribution in [2.45, 2.75) is 31.7 Å². The van der Waals surface area contributed by atoms with E-state index >= 15 is 0 Å². The molecule has 3 heteroatoms. The molecule has 1 saturated carbocycles. The van der Waals surface area contributed by atoms with Crippen LogP contribution < -0.4 is 11.1 Å². The molecule has 1 aliphatic heterocycles. The van der Waals surface area contributed by atoms with Crippen molar-refractivity contribution in [3.63, 3.8) is 0 Å². The van der Waals surface area contributed by atoms with Crippen LogP contribution in [0.15, 0.2) is 12.3 Å². The van der Waals surface area contributed by atoms with Gasteiger partial charge in [-0.15, -0.1) is 0 Å². The molecule has 1 aromatic heterocycles. The minimum Gasteiger partial charge on any atom is -0.383 e. The van der Waals surface area contributed by atoms with Crippen LogP contribution in [0.4, 0.5) is 5.82 Å². The molecule has 0 unspecified atom stereocenters. The first kappa shape index (κ1) is 8.77. The van der Waals surface area contributed by atoms with Gasteiger partial charge in [0.05, 0.1) is 5.54 Å². The summed E-state index contributed by atoms with van der Waals surface area (Å²) in [6.07, 6.45) is 7.40. The van der Waals surface area contributed by atoms with Crippen LogP contribution >= 0.6 is 0 Å². The Morgan fingerprint density at radius 1 is 1.53 bits per heavy atom. The molecule has 15 heavy (non-hydrogen) atoms. The summed E-state index contributed by atoms with van der Waals surface area (Å²) in [5, 5.41) is 3.40. The molecular weight excluding hydrogens is 186 g/mol. The van der Waals surface area contributed by atoms with Crippen LogP contribution in [0.1, 0.15) is 36.6 Å². The van der Waals surface area contributed by atoms with Crippen LogP contribution in [0.25, 0.3) is 6.08 Å². The Morgan fingerprint density at radius 3 is 3.00 bits per heavy atom. The van der Waals surface area contributed by atoms with Crippen molar-refractivity contribution in [2.24, 2.45) is 0 Å². The summed E-state index contributed by atoms with van der Waals surface area (Å²) in [5.41, 5.74) is 9.70. The van der Waals surface area contributed by atoms with Crippen LogP contribution in [0.5, 0.6) is 0 Å². The average molecular weight is 201 g/mol. The fourth-order valence-electron chi connectivity index (χ4n) is 2.36. The summed E-state index contributed by atoms with van der Waals surface area (Å²) >= 11 is 0. The second-order valence-electron chi connectivity index (χ2n) is 4.38. The predicted molar refractivity (Wildman–Crippen MR) is 61.1 cm³/mol. The first-order valence-corrected chi connectivity index (χ1v) is 5.49. The van der Waals surface area contributed by atoms with Crippen molar-refractivity contribution in [3.05, 3.63) is 29.1 Å². The van der Waals surface area contributed by atoms with Crippen molar-refractivity contribution >= 4 is 11.9 Å². The van der Waals surface area contributed by atoms with E-state index in [0.717, 1.165) is 12.1 Å². The summed E-state index contributed by atoms with van der Waals surface area (Å²) in [4.78, 5) is 4.44. The highest BCUT2D eigenvalue weighted by atomic mass is 15.0. The van der Waals surface area contributed by atoms with Gasteiger partial charge in [0.1, 0.15) is 5.82 Å². The molecule has 2 aliphatic rings. The molecule has 3 nitrogen and oxygen atoms in total. The molecule has 1 fully saturated rings. The highest BCUT2D eigenvalue weighted by Crippen LogP contribution is 2.50. The number of nitrogens with zero attached hydrogens (tertiary/aromatic N) is 1. The van der Waals surface area contributed by atoms with E-state index in [4.69, 9.17) is 5.73 Å². The zero-order valence-corrected chi connectivity index (χ0v) is 8.88. The highest BCUT2D eigenvalue weighted by Gasteiger charge is 2.47. The number of aryl methyl sites for hydroxylation is 1. The van der Waals surface area contributed by atoms with Crippen molar-refractivity contribution in [2.75, 3.05) is 5.73 Å². The average Bonchev–Trinajstić information content (AvgIpc) is 2.98. The molecule has 2 heterocycles. The summed E-state index contributed by atoms with van der Waals surface area (Å²) in [7, 11) is 0. The number of nitrogens with two attached hydrogens (primary N) is 1. The largest absolute Gasteiger partial charge is 0.383 e. The number of nitrogen functional groups attached to an aromatic ring is 1. The van der Waals surface area contributed by atoms with E-state index < -0.39 is 0 Å². The lowest BCUT2D eigenvalue weighted by atomic mass is 9.95. The number of rotatable bonds is 1. The summed E-state index contributed by atoms with van der Waals surface area (Å²) in [5.74, 6) is 0.707.